The van der Waals surface area contributed by atoms with Crippen LogP contribution < -0.4 is 5.32 Å². The van der Waals surface area contributed by atoms with Crippen LogP contribution in [0.4, 0.5) is 4.79 Å². The Labute approximate surface area is 127 Å². The van der Waals surface area contributed by atoms with Gasteiger partial charge >= 0.3 is 12.0 Å². The van der Waals surface area contributed by atoms with Crippen molar-refractivity contribution in [2.75, 3.05) is 13.1 Å². The van der Waals surface area contributed by atoms with Gasteiger partial charge in [-0.25, -0.2) is 4.79 Å². The van der Waals surface area contributed by atoms with E-state index >= 15 is 0 Å². The van der Waals surface area contributed by atoms with Crippen molar-refractivity contribution in [1.29, 1.82) is 0 Å². The first kappa shape index (κ1) is 16.1. The van der Waals surface area contributed by atoms with Crippen LogP contribution in [-0.4, -0.2) is 41.1 Å². The Morgan fingerprint density at radius 2 is 2.10 bits per heavy atom. The topological polar surface area (TPSA) is 69.6 Å². The molecule has 0 spiro atoms. The minimum Gasteiger partial charge on any atom is -0.481 e. The van der Waals surface area contributed by atoms with Crippen LogP contribution in [0.5, 0.6) is 0 Å². The number of nitrogens with zero attached hydrogens (tertiary/aromatic N) is 1. The molecule has 0 aromatic rings. The van der Waals surface area contributed by atoms with E-state index in [9.17, 15) is 14.7 Å². The maximum absolute atomic E-state index is 12.3. The van der Waals surface area contributed by atoms with E-state index in [0.717, 1.165) is 32.2 Å². The quantitative estimate of drug-likeness (QED) is 0.819. The highest BCUT2D eigenvalue weighted by Gasteiger charge is 2.42. The molecule has 1 heterocycles. The summed E-state index contributed by atoms with van der Waals surface area (Å²) in [6, 6.07) is 0.329. The van der Waals surface area contributed by atoms with E-state index in [1.807, 2.05) is 0 Å². The summed E-state index contributed by atoms with van der Waals surface area (Å²) in [7, 11) is 0. The lowest BCUT2D eigenvalue weighted by atomic mass is 9.74. The van der Waals surface area contributed by atoms with Gasteiger partial charge in [-0.3, -0.25) is 4.79 Å². The molecule has 1 saturated carbocycles. The van der Waals surface area contributed by atoms with E-state index in [4.69, 9.17) is 0 Å². The summed E-state index contributed by atoms with van der Waals surface area (Å²) in [4.78, 5) is 25.5. The number of aliphatic carboxylic acids is 1. The van der Waals surface area contributed by atoms with Gasteiger partial charge in [-0.2, -0.15) is 0 Å². The third-order valence-electron chi connectivity index (χ3n) is 5.17. The zero-order chi connectivity index (χ0) is 15.6. The van der Waals surface area contributed by atoms with Gasteiger partial charge < -0.3 is 15.3 Å². The number of urea groups is 1. The number of likely N-dealkylation sites (tertiary alicyclic amines) is 1. The molecule has 1 aliphatic carbocycles. The van der Waals surface area contributed by atoms with Gasteiger partial charge in [0, 0.05) is 19.1 Å². The number of carbonyl (C=O) groups excluding carboxylic acids is 1. The number of rotatable bonds is 5. The number of carbonyl (C=O) groups is 2. The summed E-state index contributed by atoms with van der Waals surface area (Å²) < 4.78 is 0. The Morgan fingerprint density at radius 3 is 2.71 bits per heavy atom. The molecule has 5 heteroatoms. The number of hydrogen-bond donors (Lipinski definition) is 2. The lowest BCUT2D eigenvalue weighted by Gasteiger charge is -2.39. The first-order valence-corrected chi connectivity index (χ1v) is 8.15. The molecule has 2 amide bonds. The SMILES string of the molecule is CCCC1CC1NC(=O)N1CCCC(C(C)(C)C(=O)O)C1. The van der Waals surface area contributed by atoms with Crippen LogP contribution >= 0.6 is 0 Å². The standard InChI is InChI=1S/C16H28N2O3/c1-4-6-11-9-13(11)17-15(21)18-8-5-7-12(10-18)16(2,3)14(19)20/h11-13H,4-10H2,1-3H3,(H,17,21)(H,19,20). The zero-order valence-corrected chi connectivity index (χ0v) is 13.4. The van der Waals surface area contributed by atoms with Crippen molar-refractivity contribution < 1.29 is 14.7 Å². The molecule has 0 aromatic carbocycles. The van der Waals surface area contributed by atoms with E-state index in [1.165, 1.54) is 6.42 Å². The van der Waals surface area contributed by atoms with Crippen LogP contribution in [-0.2, 0) is 4.79 Å². The van der Waals surface area contributed by atoms with Gasteiger partial charge in [-0.15, -0.1) is 0 Å². The molecule has 21 heavy (non-hydrogen) atoms. The van der Waals surface area contributed by atoms with E-state index in [0.29, 0.717) is 18.5 Å². The summed E-state index contributed by atoms with van der Waals surface area (Å²) in [5, 5.41) is 12.4. The van der Waals surface area contributed by atoms with E-state index < -0.39 is 11.4 Å². The van der Waals surface area contributed by atoms with Crippen molar-refractivity contribution >= 4 is 12.0 Å². The van der Waals surface area contributed by atoms with Gasteiger partial charge in [0.25, 0.3) is 0 Å². The first-order chi connectivity index (χ1) is 9.86. The molecular weight excluding hydrogens is 268 g/mol. The maximum atomic E-state index is 12.3. The predicted molar refractivity (Wildman–Crippen MR) is 81.0 cm³/mol. The Morgan fingerprint density at radius 1 is 1.38 bits per heavy atom. The van der Waals surface area contributed by atoms with Gasteiger partial charge in [0.15, 0.2) is 0 Å². The van der Waals surface area contributed by atoms with Crippen molar-refractivity contribution in [2.24, 2.45) is 17.3 Å². The zero-order valence-electron chi connectivity index (χ0n) is 13.4. The number of carboxylic acids is 1. The predicted octanol–water partition coefficient (Wildman–Crippen LogP) is 2.71. The molecule has 0 aromatic heterocycles. The van der Waals surface area contributed by atoms with Crippen molar-refractivity contribution in [2.45, 2.75) is 58.9 Å². The molecule has 120 valence electrons. The fourth-order valence-electron chi connectivity index (χ4n) is 3.29. The average Bonchev–Trinajstić information content (AvgIpc) is 3.17. The van der Waals surface area contributed by atoms with Crippen molar-refractivity contribution in [3.8, 4) is 0 Å². The second-order valence-corrected chi connectivity index (χ2v) is 7.15. The Hall–Kier alpha value is -1.26. The molecule has 0 bridgehead atoms. The lowest BCUT2D eigenvalue weighted by molar-refractivity contribution is -0.151. The Kier molecular flexibility index (Phi) is 4.79. The molecule has 2 rings (SSSR count). The van der Waals surface area contributed by atoms with E-state index in [1.54, 1.807) is 18.7 Å². The molecule has 3 atom stereocenters. The largest absolute Gasteiger partial charge is 0.481 e. The van der Waals surface area contributed by atoms with Crippen LogP contribution in [0.1, 0.15) is 52.9 Å². The minimum atomic E-state index is -0.778. The van der Waals surface area contributed by atoms with Gasteiger partial charge in [-0.1, -0.05) is 13.3 Å². The second-order valence-electron chi connectivity index (χ2n) is 7.15. The average molecular weight is 296 g/mol. The number of nitrogens with one attached hydrogen (secondary N) is 1. The van der Waals surface area contributed by atoms with E-state index in [-0.39, 0.29) is 11.9 Å². The maximum Gasteiger partial charge on any atom is 0.317 e. The van der Waals surface area contributed by atoms with Gasteiger partial charge in [0.1, 0.15) is 0 Å². The third-order valence-corrected chi connectivity index (χ3v) is 5.17. The van der Waals surface area contributed by atoms with Crippen LogP contribution in [0.25, 0.3) is 0 Å². The molecule has 3 unspecified atom stereocenters. The Balaban J connectivity index is 1.86. The third kappa shape index (κ3) is 3.69. The highest BCUT2D eigenvalue weighted by Crippen LogP contribution is 2.36. The van der Waals surface area contributed by atoms with Gasteiger partial charge in [0.05, 0.1) is 5.41 Å². The summed E-state index contributed by atoms with van der Waals surface area (Å²) in [6.07, 6.45) is 5.20. The molecule has 1 saturated heterocycles. The van der Waals surface area contributed by atoms with E-state index in [2.05, 4.69) is 12.2 Å². The fraction of sp³-hybridized carbons (Fsp3) is 0.875. The van der Waals surface area contributed by atoms with Crippen molar-refractivity contribution in [3.05, 3.63) is 0 Å². The molecule has 1 aliphatic heterocycles. The Bertz CT molecular complexity index is 408. The number of carboxylic acid groups (broad SMARTS) is 1. The van der Waals surface area contributed by atoms with Crippen molar-refractivity contribution in [3.63, 3.8) is 0 Å². The lowest BCUT2D eigenvalue weighted by Crippen LogP contribution is -2.50. The normalized spacial score (nSPS) is 29.1. The highest BCUT2D eigenvalue weighted by molar-refractivity contribution is 5.76. The smallest absolute Gasteiger partial charge is 0.317 e. The van der Waals surface area contributed by atoms with Crippen LogP contribution in [0.15, 0.2) is 0 Å². The molecule has 5 nitrogen and oxygen atoms in total. The molecular formula is C16H28N2O3. The number of amides is 2. The number of piperidine rings is 1. The second kappa shape index (κ2) is 6.24. The fourth-order valence-corrected chi connectivity index (χ4v) is 3.29. The highest BCUT2D eigenvalue weighted by atomic mass is 16.4. The van der Waals surface area contributed by atoms with Gasteiger partial charge in [-0.05, 0) is 51.4 Å². The van der Waals surface area contributed by atoms with Crippen molar-refractivity contribution in [1.82, 2.24) is 10.2 Å². The molecule has 2 aliphatic rings. The van der Waals surface area contributed by atoms with Gasteiger partial charge in [0.2, 0.25) is 0 Å². The van der Waals surface area contributed by atoms with Crippen LogP contribution in [0.3, 0.4) is 0 Å². The minimum absolute atomic E-state index is 0.00973. The first-order valence-electron chi connectivity index (χ1n) is 8.15. The van der Waals surface area contributed by atoms with Crippen LogP contribution in [0, 0.1) is 17.3 Å². The molecule has 0 radical (unpaired) electrons. The molecule has 2 N–H and O–H groups in total. The summed E-state index contributed by atoms with van der Waals surface area (Å²) >= 11 is 0. The summed E-state index contributed by atoms with van der Waals surface area (Å²) in [5.41, 5.74) is -0.775. The van der Waals surface area contributed by atoms with Crippen LogP contribution in [0.2, 0.25) is 0 Å². The summed E-state index contributed by atoms with van der Waals surface area (Å²) in [5.74, 6) is -0.102. The summed E-state index contributed by atoms with van der Waals surface area (Å²) in [6.45, 7) is 6.99. The number of hydrogen-bond acceptors (Lipinski definition) is 2. The monoisotopic (exact) mass is 296 g/mol. The molecule has 2 fully saturated rings.